The molecule has 4 aromatic rings. The van der Waals surface area contributed by atoms with Crippen LogP contribution in [0.5, 0.6) is 0 Å². The maximum Gasteiger partial charge on any atom is 0.253 e. The van der Waals surface area contributed by atoms with Crippen molar-refractivity contribution in [3.05, 3.63) is 76.5 Å². The number of fused-ring (bicyclic) bond motifs is 1. The van der Waals surface area contributed by atoms with Crippen LogP contribution in [0.2, 0.25) is 0 Å². The molecule has 0 atom stereocenters. The minimum absolute atomic E-state index is 0.103. The molecular formula is C26H26N4OS. The van der Waals surface area contributed by atoms with Crippen molar-refractivity contribution in [2.45, 2.75) is 19.8 Å². The highest BCUT2D eigenvalue weighted by molar-refractivity contribution is 7.08. The van der Waals surface area contributed by atoms with E-state index in [1.807, 2.05) is 40.6 Å². The molecule has 162 valence electrons. The molecule has 2 aromatic carbocycles. The molecule has 0 aliphatic carbocycles. The monoisotopic (exact) mass is 442 g/mol. The zero-order valence-electron chi connectivity index (χ0n) is 18.4. The Bertz CT molecular complexity index is 1230. The van der Waals surface area contributed by atoms with Crippen molar-refractivity contribution in [3.63, 3.8) is 0 Å². The highest BCUT2D eigenvalue weighted by Gasteiger charge is 2.24. The molecule has 0 N–H and O–H groups in total. The molecule has 5 rings (SSSR count). The number of rotatable bonds is 4. The Morgan fingerprint density at radius 1 is 0.938 bits per heavy atom. The van der Waals surface area contributed by atoms with Crippen molar-refractivity contribution in [1.82, 2.24) is 14.9 Å². The summed E-state index contributed by atoms with van der Waals surface area (Å²) in [5.41, 5.74) is 4.00. The van der Waals surface area contributed by atoms with Gasteiger partial charge >= 0.3 is 0 Å². The number of thiophene rings is 1. The first-order chi connectivity index (χ1) is 15.6. The first-order valence-electron chi connectivity index (χ1n) is 11.0. The van der Waals surface area contributed by atoms with E-state index in [1.165, 1.54) is 5.56 Å². The summed E-state index contributed by atoms with van der Waals surface area (Å²) in [6.45, 7) is 7.18. The zero-order chi connectivity index (χ0) is 22.1. The van der Waals surface area contributed by atoms with Crippen molar-refractivity contribution < 1.29 is 4.79 Å². The molecule has 0 unspecified atom stereocenters. The van der Waals surface area contributed by atoms with Crippen LogP contribution in [-0.2, 0) is 0 Å². The number of carbonyl (C=O) groups is 1. The molecule has 1 amide bonds. The molecule has 1 aliphatic rings. The van der Waals surface area contributed by atoms with Crippen molar-refractivity contribution in [1.29, 1.82) is 0 Å². The average molecular weight is 443 g/mol. The van der Waals surface area contributed by atoms with Crippen LogP contribution in [0.3, 0.4) is 0 Å². The fourth-order valence-electron chi connectivity index (χ4n) is 4.14. The molecular weight excluding hydrogens is 416 g/mol. The maximum atomic E-state index is 13.0. The van der Waals surface area contributed by atoms with Crippen LogP contribution < -0.4 is 4.90 Å². The van der Waals surface area contributed by atoms with Gasteiger partial charge in [-0.25, -0.2) is 9.97 Å². The van der Waals surface area contributed by atoms with Gasteiger partial charge in [-0.15, -0.1) is 0 Å². The zero-order valence-corrected chi connectivity index (χ0v) is 19.2. The number of hydrogen-bond donors (Lipinski definition) is 0. The Balaban J connectivity index is 1.36. The van der Waals surface area contributed by atoms with Crippen LogP contribution in [0.15, 0.2) is 65.4 Å². The van der Waals surface area contributed by atoms with Crippen LogP contribution in [0.4, 0.5) is 5.82 Å². The van der Waals surface area contributed by atoms with Crippen molar-refractivity contribution in [2.24, 2.45) is 0 Å². The van der Waals surface area contributed by atoms with E-state index in [-0.39, 0.29) is 5.91 Å². The number of benzene rings is 2. The molecule has 32 heavy (non-hydrogen) atoms. The van der Waals surface area contributed by atoms with Crippen LogP contribution >= 0.6 is 11.3 Å². The van der Waals surface area contributed by atoms with Gasteiger partial charge in [0.05, 0.1) is 5.52 Å². The minimum atomic E-state index is 0.103. The summed E-state index contributed by atoms with van der Waals surface area (Å²) < 4.78 is 0. The quantitative estimate of drug-likeness (QED) is 0.422. The average Bonchev–Trinajstić information content (AvgIpc) is 3.38. The third kappa shape index (κ3) is 3.98. The third-order valence-corrected chi connectivity index (χ3v) is 6.74. The van der Waals surface area contributed by atoms with Gasteiger partial charge in [0, 0.05) is 48.1 Å². The van der Waals surface area contributed by atoms with Crippen molar-refractivity contribution in [2.75, 3.05) is 31.1 Å². The highest BCUT2D eigenvalue weighted by Crippen LogP contribution is 2.29. The molecule has 0 bridgehead atoms. The topological polar surface area (TPSA) is 49.3 Å². The highest BCUT2D eigenvalue weighted by atomic mass is 32.1. The first-order valence-corrected chi connectivity index (χ1v) is 12.0. The second kappa shape index (κ2) is 8.71. The Hall–Kier alpha value is -3.25. The lowest BCUT2D eigenvalue weighted by Crippen LogP contribution is -2.49. The standard InChI is InChI=1S/C26H26N4OS/c1-18(2)19-7-9-20(10-8-19)26(31)30-14-12-29(13-15-30)25-22-5-3-4-6-23(22)27-24(28-25)21-11-16-32-17-21/h3-11,16-18H,12-15H2,1-2H3. The number of hydrogen-bond acceptors (Lipinski definition) is 5. The van der Waals surface area contributed by atoms with E-state index >= 15 is 0 Å². The predicted molar refractivity (Wildman–Crippen MR) is 131 cm³/mol. The van der Waals surface area contributed by atoms with E-state index in [9.17, 15) is 4.79 Å². The summed E-state index contributed by atoms with van der Waals surface area (Å²) in [6.07, 6.45) is 0. The van der Waals surface area contributed by atoms with E-state index < -0.39 is 0 Å². The predicted octanol–water partition coefficient (Wildman–Crippen LogP) is 5.44. The Morgan fingerprint density at radius 2 is 1.69 bits per heavy atom. The number of nitrogens with zero attached hydrogens (tertiary/aromatic N) is 4. The largest absolute Gasteiger partial charge is 0.352 e. The number of piperazine rings is 1. The minimum Gasteiger partial charge on any atom is -0.352 e. The van der Waals surface area contributed by atoms with Gasteiger partial charge in [0.1, 0.15) is 5.82 Å². The summed E-state index contributed by atoms with van der Waals surface area (Å²) in [5.74, 6) is 2.27. The summed E-state index contributed by atoms with van der Waals surface area (Å²) in [5, 5.41) is 5.18. The van der Waals surface area contributed by atoms with E-state index in [1.54, 1.807) is 11.3 Å². The maximum absolute atomic E-state index is 13.0. The van der Waals surface area contributed by atoms with E-state index in [2.05, 4.69) is 48.4 Å². The molecule has 3 heterocycles. The molecule has 1 fully saturated rings. The van der Waals surface area contributed by atoms with Gasteiger partial charge < -0.3 is 9.80 Å². The lowest BCUT2D eigenvalue weighted by atomic mass is 10.0. The number of aromatic nitrogens is 2. The van der Waals surface area contributed by atoms with Crippen LogP contribution in [-0.4, -0.2) is 47.0 Å². The SMILES string of the molecule is CC(C)c1ccc(C(=O)N2CCN(c3nc(-c4ccsc4)nc4ccccc34)CC2)cc1. The molecule has 0 saturated carbocycles. The molecule has 0 spiro atoms. The van der Waals surface area contributed by atoms with Crippen molar-refractivity contribution >= 4 is 34.0 Å². The van der Waals surface area contributed by atoms with Gasteiger partial charge in [-0.1, -0.05) is 38.1 Å². The summed E-state index contributed by atoms with van der Waals surface area (Å²) in [7, 11) is 0. The summed E-state index contributed by atoms with van der Waals surface area (Å²) in [4.78, 5) is 27.0. The van der Waals surface area contributed by atoms with Gasteiger partial charge in [-0.05, 0) is 47.2 Å². The third-order valence-electron chi connectivity index (χ3n) is 6.05. The molecule has 6 heteroatoms. The molecule has 1 saturated heterocycles. The van der Waals surface area contributed by atoms with Gasteiger partial charge in [0.25, 0.3) is 5.91 Å². The molecule has 2 aromatic heterocycles. The van der Waals surface area contributed by atoms with Gasteiger partial charge in [0.15, 0.2) is 5.82 Å². The smallest absolute Gasteiger partial charge is 0.253 e. The number of amides is 1. The second-order valence-electron chi connectivity index (χ2n) is 8.46. The number of carbonyl (C=O) groups excluding carboxylic acids is 1. The van der Waals surface area contributed by atoms with Crippen LogP contribution in [0, 0.1) is 0 Å². The summed E-state index contributed by atoms with van der Waals surface area (Å²) in [6, 6.07) is 18.2. The first kappa shape index (κ1) is 20.6. The Labute approximate surface area is 192 Å². The van der Waals surface area contributed by atoms with Crippen LogP contribution in [0.25, 0.3) is 22.3 Å². The van der Waals surface area contributed by atoms with E-state index in [0.717, 1.165) is 46.8 Å². The molecule has 5 nitrogen and oxygen atoms in total. The normalized spacial score (nSPS) is 14.3. The van der Waals surface area contributed by atoms with Crippen LogP contribution in [0.1, 0.15) is 35.7 Å². The molecule has 0 radical (unpaired) electrons. The van der Waals surface area contributed by atoms with Crippen molar-refractivity contribution in [3.8, 4) is 11.4 Å². The fraction of sp³-hybridized carbons (Fsp3) is 0.269. The van der Waals surface area contributed by atoms with Gasteiger partial charge in [0.2, 0.25) is 0 Å². The second-order valence-corrected chi connectivity index (χ2v) is 9.24. The lowest BCUT2D eigenvalue weighted by molar-refractivity contribution is 0.0746. The van der Waals surface area contributed by atoms with Gasteiger partial charge in [-0.2, -0.15) is 11.3 Å². The van der Waals surface area contributed by atoms with Gasteiger partial charge in [-0.3, -0.25) is 4.79 Å². The lowest BCUT2D eigenvalue weighted by Gasteiger charge is -2.36. The Kier molecular flexibility index (Phi) is 5.62. The fourth-order valence-corrected chi connectivity index (χ4v) is 4.77. The van der Waals surface area contributed by atoms with E-state index in [4.69, 9.17) is 9.97 Å². The molecule has 1 aliphatic heterocycles. The number of para-hydroxylation sites is 1. The number of anilines is 1. The summed E-state index contributed by atoms with van der Waals surface area (Å²) >= 11 is 1.65. The van der Waals surface area contributed by atoms with E-state index in [0.29, 0.717) is 19.0 Å². The Morgan fingerprint density at radius 3 is 2.38 bits per heavy atom.